The molecule has 0 aromatic carbocycles. The first kappa shape index (κ1) is 35.4. The number of hydrogen-bond donors (Lipinski definition) is 0. The van der Waals surface area contributed by atoms with Crippen LogP contribution in [0.15, 0.2) is 111 Å². The molecule has 0 aromatic rings. The van der Waals surface area contributed by atoms with Crippen LogP contribution in [0.3, 0.4) is 0 Å². The molecular formula is C39H59N. The van der Waals surface area contributed by atoms with E-state index < -0.39 is 5.54 Å². The molecule has 0 spiro atoms. The summed E-state index contributed by atoms with van der Waals surface area (Å²) >= 11 is 0. The molecular weight excluding hydrogens is 482 g/mol. The van der Waals surface area contributed by atoms with E-state index in [0.29, 0.717) is 5.92 Å². The number of nitrogens with zero attached hydrogens (tertiary/aromatic N) is 1. The van der Waals surface area contributed by atoms with Gasteiger partial charge in [0.05, 0.1) is 0 Å². The summed E-state index contributed by atoms with van der Waals surface area (Å²) < 4.78 is 0. The average molecular weight is 542 g/mol. The van der Waals surface area contributed by atoms with Gasteiger partial charge in [0.1, 0.15) is 5.54 Å². The van der Waals surface area contributed by atoms with E-state index in [9.17, 15) is 0 Å². The summed E-state index contributed by atoms with van der Waals surface area (Å²) in [5.74, 6) is 0.546. The van der Waals surface area contributed by atoms with E-state index >= 15 is 0 Å². The minimum atomic E-state index is -0.546. The molecule has 1 aliphatic rings. The first-order valence-electron chi connectivity index (χ1n) is 15.4. The third kappa shape index (κ3) is 8.92. The Bertz CT molecular complexity index is 1150. The van der Waals surface area contributed by atoms with Crippen molar-refractivity contribution in [2.45, 2.75) is 121 Å². The molecule has 0 N–H and O–H groups in total. The van der Waals surface area contributed by atoms with Crippen molar-refractivity contribution in [3.05, 3.63) is 106 Å². The van der Waals surface area contributed by atoms with Crippen LogP contribution >= 0.6 is 0 Å². The van der Waals surface area contributed by atoms with E-state index in [1.807, 2.05) is 0 Å². The summed E-state index contributed by atoms with van der Waals surface area (Å²) in [5.41, 5.74) is 9.53. The maximum absolute atomic E-state index is 5.83. The Hall–Kier alpha value is -2.67. The average Bonchev–Trinajstić information content (AvgIpc) is 2.91. The quantitative estimate of drug-likeness (QED) is 0.271. The van der Waals surface area contributed by atoms with Crippen LogP contribution in [0.2, 0.25) is 0 Å². The second-order valence-corrected chi connectivity index (χ2v) is 12.3. The van der Waals surface area contributed by atoms with Crippen LogP contribution in [0.4, 0.5) is 0 Å². The molecule has 0 amide bonds. The highest BCUT2D eigenvalue weighted by molar-refractivity contribution is 5.83. The van der Waals surface area contributed by atoms with E-state index in [0.717, 1.165) is 32.1 Å². The topological polar surface area (TPSA) is 12.4 Å². The Morgan fingerprint density at radius 1 is 1.02 bits per heavy atom. The highest BCUT2D eigenvalue weighted by Crippen LogP contribution is 2.52. The van der Waals surface area contributed by atoms with Crippen molar-refractivity contribution in [1.29, 1.82) is 0 Å². The molecule has 1 rings (SSSR count). The van der Waals surface area contributed by atoms with Crippen LogP contribution in [0, 0.1) is 11.3 Å². The zero-order chi connectivity index (χ0) is 30.5. The van der Waals surface area contributed by atoms with Gasteiger partial charge in [-0.3, -0.25) is 4.99 Å². The molecule has 40 heavy (non-hydrogen) atoms. The molecule has 0 saturated carbocycles. The first-order valence-corrected chi connectivity index (χ1v) is 15.4. The second kappa shape index (κ2) is 16.6. The zero-order valence-electron chi connectivity index (χ0n) is 28.0. The Balaban J connectivity index is 4.34. The predicted molar refractivity (Wildman–Crippen MR) is 183 cm³/mol. The fourth-order valence-electron chi connectivity index (χ4n) is 6.19. The van der Waals surface area contributed by atoms with Gasteiger partial charge in [0.25, 0.3) is 0 Å². The smallest absolute Gasteiger partial charge is 0.112 e. The molecule has 1 heteroatoms. The normalized spacial score (nSPS) is 26.4. The lowest BCUT2D eigenvalue weighted by Crippen LogP contribution is -2.47. The van der Waals surface area contributed by atoms with E-state index in [2.05, 4.69) is 150 Å². The molecule has 0 radical (unpaired) electrons. The van der Waals surface area contributed by atoms with Crippen LogP contribution in [0.1, 0.15) is 115 Å². The van der Waals surface area contributed by atoms with Crippen LogP contribution in [0.5, 0.6) is 0 Å². The van der Waals surface area contributed by atoms with Gasteiger partial charge in [0, 0.05) is 11.1 Å². The van der Waals surface area contributed by atoms with Crippen molar-refractivity contribution >= 4 is 5.71 Å². The molecule has 2 unspecified atom stereocenters. The van der Waals surface area contributed by atoms with Gasteiger partial charge in [0.2, 0.25) is 0 Å². The fourth-order valence-corrected chi connectivity index (χ4v) is 6.19. The van der Waals surface area contributed by atoms with E-state index in [1.165, 1.54) is 44.7 Å². The van der Waals surface area contributed by atoms with Crippen molar-refractivity contribution in [3.63, 3.8) is 0 Å². The summed E-state index contributed by atoms with van der Waals surface area (Å²) in [7, 11) is 0. The standard InChI is InChI=1S/C39H59N/c1-14-19-22-34(17-4)35(18-5)27-32(10)39(37(21-16-3)29(6)7)38(12,13)28-36(23-20-15-2)31(9)25-24-30(8)26-33(11)40-39/h14-16,18-23,27,30H,9,17,24-26,28H2,1-8,10-13H3/b19-14-,20-15-,21-16-,32-27+,34-22+,35-18+,36-23+,40-33+. The monoisotopic (exact) mass is 541 g/mol. The summed E-state index contributed by atoms with van der Waals surface area (Å²) in [6.45, 7) is 31.5. The van der Waals surface area contributed by atoms with Crippen molar-refractivity contribution < 1.29 is 0 Å². The van der Waals surface area contributed by atoms with E-state index in [1.54, 1.807) is 0 Å². The fraction of sp³-hybridized carbons (Fsp3) is 0.513. The molecule has 1 heterocycles. The van der Waals surface area contributed by atoms with E-state index in [-0.39, 0.29) is 5.41 Å². The molecule has 2 atom stereocenters. The third-order valence-corrected chi connectivity index (χ3v) is 8.25. The molecule has 1 nitrogen and oxygen atoms in total. The minimum Gasteiger partial charge on any atom is -0.278 e. The summed E-state index contributed by atoms with van der Waals surface area (Å²) in [5, 5.41) is 0. The second-order valence-electron chi connectivity index (χ2n) is 12.3. The van der Waals surface area contributed by atoms with Crippen LogP contribution in [-0.2, 0) is 0 Å². The van der Waals surface area contributed by atoms with Gasteiger partial charge in [0.15, 0.2) is 0 Å². The summed E-state index contributed by atoms with van der Waals surface area (Å²) in [6.07, 6.45) is 27.2. The summed E-state index contributed by atoms with van der Waals surface area (Å²) in [4.78, 5) is 5.83. The Kier molecular flexibility index (Phi) is 14.6. The molecule has 0 bridgehead atoms. The largest absolute Gasteiger partial charge is 0.278 e. The molecule has 0 fully saturated rings. The zero-order valence-corrected chi connectivity index (χ0v) is 28.0. The van der Waals surface area contributed by atoms with Crippen LogP contribution < -0.4 is 0 Å². The van der Waals surface area contributed by atoms with Gasteiger partial charge >= 0.3 is 0 Å². The lowest BCUT2D eigenvalue weighted by atomic mass is 9.60. The van der Waals surface area contributed by atoms with Gasteiger partial charge in [-0.05, 0) is 121 Å². The van der Waals surface area contributed by atoms with E-state index in [4.69, 9.17) is 4.99 Å². The Labute approximate surface area is 248 Å². The van der Waals surface area contributed by atoms with Crippen molar-refractivity contribution in [2.24, 2.45) is 16.3 Å². The molecule has 0 saturated heterocycles. The van der Waals surface area contributed by atoms with Crippen molar-refractivity contribution in [3.8, 4) is 0 Å². The van der Waals surface area contributed by atoms with Crippen LogP contribution in [-0.4, -0.2) is 11.3 Å². The SMILES string of the molecule is C=C1CCC(C)C/C(C)=N/C(C(/C=C\C)=C(C)C)(/C(C)=C/C(=C\C)C(=C/C=C\C)/CC)C(C)(C)C/C1=C\C=C/C. The first-order chi connectivity index (χ1) is 18.8. The highest BCUT2D eigenvalue weighted by atomic mass is 14.9. The van der Waals surface area contributed by atoms with Crippen LogP contribution in [0.25, 0.3) is 0 Å². The maximum atomic E-state index is 5.83. The molecule has 0 aromatic heterocycles. The predicted octanol–water partition coefficient (Wildman–Crippen LogP) is 12.2. The third-order valence-electron chi connectivity index (χ3n) is 8.25. The molecule has 0 aliphatic carbocycles. The Morgan fingerprint density at radius 3 is 2.20 bits per heavy atom. The van der Waals surface area contributed by atoms with Crippen molar-refractivity contribution in [1.82, 2.24) is 0 Å². The Morgan fingerprint density at radius 2 is 1.68 bits per heavy atom. The number of aliphatic imine (C=N–C) groups is 1. The maximum Gasteiger partial charge on any atom is 0.112 e. The van der Waals surface area contributed by atoms with Gasteiger partial charge in [-0.15, -0.1) is 0 Å². The minimum absolute atomic E-state index is 0.233. The lowest BCUT2D eigenvalue weighted by Gasteiger charge is -2.48. The van der Waals surface area contributed by atoms with Gasteiger partial charge in [-0.1, -0.05) is 106 Å². The molecule has 1 aliphatic heterocycles. The number of rotatable bonds is 8. The van der Waals surface area contributed by atoms with Gasteiger partial charge in [-0.25, -0.2) is 0 Å². The highest BCUT2D eigenvalue weighted by Gasteiger charge is 2.49. The van der Waals surface area contributed by atoms with Gasteiger partial charge in [-0.2, -0.15) is 0 Å². The summed E-state index contributed by atoms with van der Waals surface area (Å²) in [6, 6.07) is 0. The van der Waals surface area contributed by atoms with Gasteiger partial charge < -0.3 is 0 Å². The van der Waals surface area contributed by atoms with Crippen molar-refractivity contribution in [2.75, 3.05) is 0 Å². The lowest BCUT2D eigenvalue weighted by molar-refractivity contribution is 0.238. The number of hydrogen-bond acceptors (Lipinski definition) is 1. The molecule has 220 valence electrons. The number of allylic oxidation sites excluding steroid dienone is 14.